The molecule has 0 nitrogen and oxygen atoms in total. The number of fused-ring (bicyclic) bond motifs is 3. The second-order valence-corrected chi connectivity index (χ2v) is 5.91. The van der Waals surface area contributed by atoms with Crippen LogP contribution in [0.2, 0.25) is 0 Å². The lowest BCUT2D eigenvalue weighted by Crippen LogP contribution is -1.82. The average molecular weight is 276 g/mol. The third-order valence-electron chi connectivity index (χ3n) is 4.38. The third-order valence-corrected chi connectivity index (χ3v) is 4.38. The van der Waals surface area contributed by atoms with Crippen LogP contribution in [-0.2, 0) is 0 Å². The van der Waals surface area contributed by atoms with Gasteiger partial charge in [-0.15, -0.1) is 0 Å². The first-order chi connectivity index (χ1) is 10.4. The molecule has 0 saturated carbocycles. The first-order valence-electron chi connectivity index (χ1n) is 8.31. The first-order valence-corrected chi connectivity index (χ1v) is 8.31. The Morgan fingerprint density at radius 2 is 1.19 bits per heavy atom. The quantitative estimate of drug-likeness (QED) is 0.453. The normalized spacial score (nSPS) is 12.1. The van der Waals surface area contributed by atoms with E-state index in [1.807, 2.05) is 0 Å². The molecule has 1 aliphatic carbocycles. The summed E-state index contributed by atoms with van der Waals surface area (Å²) in [6.07, 6.45) is 10.4. The maximum absolute atomic E-state index is 2.45. The summed E-state index contributed by atoms with van der Waals surface area (Å²) in [7, 11) is 0. The summed E-state index contributed by atoms with van der Waals surface area (Å²) in [5.74, 6) is 0. The van der Waals surface area contributed by atoms with Crippen LogP contribution in [0, 0.1) is 0 Å². The van der Waals surface area contributed by atoms with E-state index < -0.39 is 0 Å². The molecule has 0 fully saturated rings. The molecule has 0 radical (unpaired) electrons. The largest absolute Gasteiger partial charge is 0.0760 e. The van der Waals surface area contributed by atoms with E-state index in [9.17, 15) is 0 Å². The van der Waals surface area contributed by atoms with Gasteiger partial charge < -0.3 is 0 Å². The Bertz CT molecular complexity index is 586. The molecule has 2 aromatic rings. The Hall–Kier alpha value is -1.82. The van der Waals surface area contributed by atoms with Crippen LogP contribution in [0.15, 0.2) is 54.6 Å². The van der Waals surface area contributed by atoms with E-state index >= 15 is 0 Å². The summed E-state index contributed by atoms with van der Waals surface area (Å²) in [6.45, 7) is 2.27. The second kappa shape index (κ2) is 6.76. The van der Waals surface area contributed by atoms with Gasteiger partial charge in [0, 0.05) is 0 Å². The molecule has 108 valence electrons. The Morgan fingerprint density at radius 1 is 0.667 bits per heavy atom. The van der Waals surface area contributed by atoms with Crippen LogP contribution in [0.3, 0.4) is 0 Å². The Morgan fingerprint density at radius 3 is 1.76 bits per heavy atom. The number of unbranched alkanes of at least 4 members (excludes halogenated alkanes) is 5. The van der Waals surface area contributed by atoms with E-state index in [-0.39, 0.29) is 0 Å². The summed E-state index contributed by atoms with van der Waals surface area (Å²) < 4.78 is 0. The summed E-state index contributed by atoms with van der Waals surface area (Å²) in [5.41, 5.74) is 7.05. The second-order valence-electron chi connectivity index (χ2n) is 5.91. The number of hydrogen-bond acceptors (Lipinski definition) is 0. The molecule has 0 aromatic heterocycles. The summed E-state index contributed by atoms with van der Waals surface area (Å²) in [5, 5.41) is 0. The van der Waals surface area contributed by atoms with Crippen molar-refractivity contribution in [2.24, 2.45) is 0 Å². The molecule has 0 amide bonds. The maximum Gasteiger partial charge on any atom is -0.00991 e. The topological polar surface area (TPSA) is 0 Å². The lowest BCUT2D eigenvalue weighted by atomic mass is 10.0. The molecule has 0 heteroatoms. The van der Waals surface area contributed by atoms with E-state index in [0.717, 1.165) is 0 Å². The molecule has 0 heterocycles. The van der Waals surface area contributed by atoms with E-state index in [0.29, 0.717) is 0 Å². The lowest BCUT2D eigenvalue weighted by molar-refractivity contribution is 0.638. The minimum atomic E-state index is 1.20. The highest BCUT2D eigenvalue weighted by Crippen LogP contribution is 2.43. The fourth-order valence-electron chi connectivity index (χ4n) is 3.26. The van der Waals surface area contributed by atoms with Gasteiger partial charge in [0.15, 0.2) is 0 Å². The standard InChI is InChI=1S/C21H24/c1-2-3-4-5-6-7-12-17-18-13-8-10-15-20(18)21-16-11-9-14-19(17)21/h8-16H,2-7H2,1H3. The van der Waals surface area contributed by atoms with Gasteiger partial charge in [-0.3, -0.25) is 0 Å². The van der Waals surface area contributed by atoms with Gasteiger partial charge in [0.1, 0.15) is 0 Å². The van der Waals surface area contributed by atoms with Crippen molar-refractivity contribution in [1.29, 1.82) is 0 Å². The number of rotatable bonds is 6. The van der Waals surface area contributed by atoms with Crippen LogP contribution < -0.4 is 0 Å². The number of allylic oxidation sites excluding steroid dienone is 1. The van der Waals surface area contributed by atoms with Crippen molar-refractivity contribution < 1.29 is 0 Å². The monoisotopic (exact) mass is 276 g/mol. The molecule has 0 saturated heterocycles. The molecule has 0 aliphatic heterocycles. The van der Waals surface area contributed by atoms with Gasteiger partial charge in [0.05, 0.1) is 0 Å². The van der Waals surface area contributed by atoms with Gasteiger partial charge in [0.25, 0.3) is 0 Å². The molecule has 1 aliphatic rings. The Kier molecular flexibility index (Phi) is 4.55. The predicted molar refractivity (Wildman–Crippen MR) is 92.3 cm³/mol. The highest BCUT2D eigenvalue weighted by Gasteiger charge is 2.21. The van der Waals surface area contributed by atoms with Crippen molar-refractivity contribution >= 4 is 5.57 Å². The van der Waals surface area contributed by atoms with Crippen molar-refractivity contribution in [3.8, 4) is 11.1 Å². The van der Waals surface area contributed by atoms with Crippen molar-refractivity contribution in [1.82, 2.24) is 0 Å². The molecule has 0 atom stereocenters. The zero-order valence-corrected chi connectivity index (χ0v) is 12.9. The number of hydrogen-bond donors (Lipinski definition) is 0. The SMILES string of the molecule is CCCCCCCC=C1c2ccccc2-c2ccccc21. The van der Waals surface area contributed by atoms with Crippen LogP contribution in [0.25, 0.3) is 16.7 Å². The molecule has 0 bridgehead atoms. The highest BCUT2D eigenvalue weighted by molar-refractivity contribution is 6.00. The third kappa shape index (κ3) is 2.95. The van der Waals surface area contributed by atoms with Gasteiger partial charge in [0.2, 0.25) is 0 Å². The smallest absolute Gasteiger partial charge is 0.00991 e. The molecule has 21 heavy (non-hydrogen) atoms. The fraction of sp³-hybridized carbons (Fsp3) is 0.333. The molecule has 0 spiro atoms. The molecular formula is C21H24. The molecule has 3 rings (SSSR count). The number of benzene rings is 2. The average Bonchev–Trinajstić information content (AvgIpc) is 2.85. The van der Waals surface area contributed by atoms with E-state index in [1.54, 1.807) is 0 Å². The zero-order chi connectivity index (χ0) is 14.5. The first kappa shape index (κ1) is 14.1. The van der Waals surface area contributed by atoms with Gasteiger partial charge >= 0.3 is 0 Å². The Balaban J connectivity index is 1.79. The van der Waals surface area contributed by atoms with Gasteiger partial charge in [-0.2, -0.15) is 0 Å². The summed E-state index contributed by atoms with van der Waals surface area (Å²) >= 11 is 0. The molecule has 0 N–H and O–H groups in total. The van der Waals surface area contributed by atoms with Crippen molar-refractivity contribution in [3.05, 3.63) is 65.7 Å². The lowest BCUT2D eigenvalue weighted by Gasteiger charge is -2.03. The van der Waals surface area contributed by atoms with Gasteiger partial charge in [-0.25, -0.2) is 0 Å². The van der Waals surface area contributed by atoms with Gasteiger partial charge in [-0.1, -0.05) is 87.2 Å². The fourth-order valence-corrected chi connectivity index (χ4v) is 3.26. The molecular weight excluding hydrogens is 252 g/mol. The van der Waals surface area contributed by atoms with Crippen molar-refractivity contribution in [2.45, 2.75) is 45.4 Å². The van der Waals surface area contributed by atoms with Crippen molar-refractivity contribution in [3.63, 3.8) is 0 Å². The highest BCUT2D eigenvalue weighted by atomic mass is 14.2. The minimum Gasteiger partial charge on any atom is -0.0760 e. The van der Waals surface area contributed by atoms with Crippen LogP contribution in [0.5, 0.6) is 0 Å². The van der Waals surface area contributed by atoms with Crippen molar-refractivity contribution in [2.75, 3.05) is 0 Å². The minimum absolute atomic E-state index is 1.20. The predicted octanol–water partition coefficient (Wildman–Crippen LogP) is 6.46. The summed E-state index contributed by atoms with van der Waals surface area (Å²) in [4.78, 5) is 0. The van der Waals surface area contributed by atoms with Crippen LogP contribution >= 0.6 is 0 Å². The van der Waals surface area contributed by atoms with E-state index in [2.05, 4.69) is 61.5 Å². The van der Waals surface area contributed by atoms with E-state index in [1.165, 1.54) is 66.4 Å². The Labute approximate surface area is 128 Å². The summed E-state index contributed by atoms with van der Waals surface area (Å²) in [6, 6.07) is 17.6. The van der Waals surface area contributed by atoms with Crippen LogP contribution in [0.1, 0.15) is 56.6 Å². The molecule has 2 aromatic carbocycles. The van der Waals surface area contributed by atoms with Crippen LogP contribution in [0.4, 0.5) is 0 Å². The zero-order valence-electron chi connectivity index (χ0n) is 12.9. The van der Waals surface area contributed by atoms with E-state index in [4.69, 9.17) is 0 Å². The van der Waals surface area contributed by atoms with Gasteiger partial charge in [-0.05, 0) is 40.7 Å². The molecule has 0 unspecified atom stereocenters. The maximum atomic E-state index is 2.45. The van der Waals surface area contributed by atoms with Crippen LogP contribution in [-0.4, -0.2) is 0 Å².